The summed E-state index contributed by atoms with van der Waals surface area (Å²) in [5.41, 5.74) is 2.60. The molecule has 3 aromatic carbocycles. The van der Waals surface area contributed by atoms with E-state index in [4.69, 9.17) is 18.9 Å². The topological polar surface area (TPSA) is 57.2 Å². The van der Waals surface area contributed by atoms with Gasteiger partial charge in [0, 0.05) is 23.9 Å². The van der Waals surface area contributed by atoms with Crippen LogP contribution in [0.1, 0.15) is 26.9 Å². The molecule has 0 spiro atoms. The van der Waals surface area contributed by atoms with Crippen molar-refractivity contribution in [1.29, 1.82) is 0 Å². The van der Waals surface area contributed by atoms with Crippen LogP contribution in [0.15, 0.2) is 66.7 Å². The first kappa shape index (κ1) is 22.9. The van der Waals surface area contributed by atoms with Crippen LogP contribution in [0, 0.1) is 0 Å². The molecule has 1 unspecified atom stereocenters. The van der Waals surface area contributed by atoms with E-state index >= 15 is 0 Å². The molecule has 1 heterocycles. The molecule has 0 N–H and O–H groups in total. The van der Waals surface area contributed by atoms with Crippen molar-refractivity contribution in [1.82, 2.24) is 4.90 Å². The second-order valence-electron chi connectivity index (χ2n) is 7.51. The highest BCUT2D eigenvalue weighted by molar-refractivity contribution is 7.99. The van der Waals surface area contributed by atoms with E-state index in [1.807, 2.05) is 53.4 Å². The van der Waals surface area contributed by atoms with Crippen LogP contribution in [0.4, 0.5) is 0 Å². The third-order valence-electron chi connectivity index (χ3n) is 5.46. The normalized spacial score (nSPS) is 15.2. The van der Waals surface area contributed by atoms with Crippen LogP contribution in [0.2, 0.25) is 0 Å². The summed E-state index contributed by atoms with van der Waals surface area (Å²) in [7, 11) is 4.78. The highest BCUT2D eigenvalue weighted by Crippen LogP contribution is 2.42. The van der Waals surface area contributed by atoms with Gasteiger partial charge < -0.3 is 23.8 Å². The predicted octanol–water partition coefficient (Wildman–Crippen LogP) is 5.18. The van der Waals surface area contributed by atoms with Crippen LogP contribution in [-0.4, -0.2) is 44.4 Å². The molecule has 0 aliphatic carbocycles. The van der Waals surface area contributed by atoms with Crippen molar-refractivity contribution in [3.63, 3.8) is 0 Å². The molecule has 0 saturated carbocycles. The van der Waals surface area contributed by atoms with E-state index in [-0.39, 0.29) is 11.3 Å². The SMILES string of the molecule is COc1cc(OC)cc(C(=O)N2CCSC2c2ccc(OC)c(OCc3ccccc3)c2)c1. The van der Waals surface area contributed by atoms with Gasteiger partial charge in [-0.25, -0.2) is 0 Å². The monoisotopic (exact) mass is 465 g/mol. The Kier molecular flexibility index (Phi) is 7.29. The number of carbonyl (C=O) groups is 1. The van der Waals surface area contributed by atoms with Gasteiger partial charge in [0.05, 0.1) is 21.3 Å². The molecule has 6 nitrogen and oxygen atoms in total. The van der Waals surface area contributed by atoms with E-state index in [0.717, 1.165) is 16.9 Å². The second-order valence-corrected chi connectivity index (χ2v) is 8.70. The van der Waals surface area contributed by atoms with Gasteiger partial charge in [-0.1, -0.05) is 36.4 Å². The lowest BCUT2D eigenvalue weighted by Crippen LogP contribution is -2.30. The lowest BCUT2D eigenvalue weighted by atomic mass is 10.1. The minimum Gasteiger partial charge on any atom is -0.497 e. The van der Waals surface area contributed by atoms with Crippen LogP contribution in [0.3, 0.4) is 0 Å². The fourth-order valence-electron chi connectivity index (χ4n) is 3.75. The smallest absolute Gasteiger partial charge is 0.255 e. The summed E-state index contributed by atoms with van der Waals surface area (Å²) in [6, 6.07) is 21.1. The molecule has 1 atom stereocenters. The van der Waals surface area contributed by atoms with Gasteiger partial charge in [0.1, 0.15) is 23.5 Å². The number of amides is 1. The van der Waals surface area contributed by atoms with Gasteiger partial charge in [0.25, 0.3) is 5.91 Å². The summed E-state index contributed by atoms with van der Waals surface area (Å²) in [4.78, 5) is 15.3. The molecule has 7 heteroatoms. The Labute approximate surface area is 198 Å². The summed E-state index contributed by atoms with van der Waals surface area (Å²) in [5, 5.41) is -0.125. The fourth-order valence-corrected chi connectivity index (χ4v) is 4.99. The summed E-state index contributed by atoms with van der Waals surface area (Å²) >= 11 is 1.73. The van der Waals surface area contributed by atoms with E-state index in [0.29, 0.717) is 41.7 Å². The maximum atomic E-state index is 13.4. The number of nitrogens with zero attached hydrogens (tertiary/aromatic N) is 1. The molecule has 1 amide bonds. The van der Waals surface area contributed by atoms with Crippen molar-refractivity contribution >= 4 is 17.7 Å². The first-order valence-corrected chi connectivity index (χ1v) is 11.7. The van der Waals surface area contributed by atoms with Gasteiger partial charge in [-0.05, 0) is 35.4 Å². The molecule has 4 rings (SSSR count). The predicted molar refractivity (Wildman–Crippen MR) is 130 cm³/mol. The molecule has 1 aliphatic rings. The Hall–Kier alpha value is -3.32. The number of methoxy groups -OCH3 is 3. The molecule has 1 aliphatic heterocycles. The van der Waals surface area contributed by atoms with E-state index in [9.17, 15) is 4.79 Å². The Morgan fingerprint density at radius 2 is 1.64 bits per heavy atom. The number of hydrogen-bond acceptors (Lipinski definition) is 6. The van der Waals surface area contributed by atoms with E-state index in [1.165, 1.54) is 0 Å². The summed E-state index contributed by atoms with van der Waals surface area (Å²) in [5.74, 6) is 3.27. The molecule has 1 fully saturated rings. The molecule has 172 valence electrons. The highest BCUT2D eigenvalue weighted by Gasteiger charge is 2.32. The van der Waals surface area contributed by atoms with Crippen molar-refractivity contribution in [2.45, 2.75) is 12.0 Å². The number of hydrogen-bond donors (Lipinski definition) is 0. The van der Waals surface area contributed by atoms with Crippen LogP contribution >= 0.6 is 11.8 Å². The largest absolute Gasteiger partial charge is 0.497 e. The third kappa shape index (κ3) is 5.20. The van der Waals surface area contributed by atoms with Gasteiger partial charge in [-0.2, -0.15) is 0 Å². The minimum atomic E-state index is -0.125. The maximum Gasteiger partial charge on any atom is 0.255 e. The number of ether oxygens (including phenoxy) is 4. The fraction of sp³-hybridized carbons (Fsp3) is 0.269. The maximum absolute atomic E-state index is 13.4. The molecule has 0 bridgehead atoms. The van der Waals surface area contributed by atoms with Gasteiger partial charge in [-0.3, -0.25) is 4.79 Å². The standard InChI is InChI=1S/C26H27NO5S/c1-29-21-13-20(14-22(16-21)30-2)25(28)27-11-12-33-26(27)19-9-10-23(31-3)24(15-19)32-17-18-7-5-4-6-8-18/h4-10,13-16,26H,11-12,17H2,1-3H3. The van der Waals surface area contributed by atoms with Crippen LogP contribution < -0.4 is 18.9 Å². The van der Waals surface area contributed by atoms with E-state index in [1.54, 1.807) is 51.3 Å². The van der Waals surface area contributed by atoms with Crippen LogP contribution in [-0.2, 0) is 6.61 Å². The third-order valence-corrected chi connectivity index (χ3v) is 6.72. The van der Waals surface area contributed by atoms with Gasteiger partial charge in [-0.15, -0.1) is 11.8 Å². The van der Waals surface area contributed by atoms with E-state index in [2.05, 4.69) is 0 Å². The Bertz CT molecular complexity index is 1080. The lowest BCUT2D eigenvalue weighted by molar-refractivity contribution is 0.0759. The van der Waals surface area contributed by atoms with Gasteiger partial charge in [0.15, 0.2) is 11.5 Å². The summed E-state index contributed by atoms with van der Waals surface area (Å²) in [6.45, 7) is 1.09. The van der Waals surface area contributed by atoms with Crippen molar-refractivity contribution in [3.05, 3.63) is 83.4 Å². The zero-order valence-electron chi connectivity index (χ0n) is 18.9. The van der Waals surface area contributed by atoms with Gasteiger partial charge in [0.2, 0.25) is 0 Å². The zero-order chi connectivity index (χ0) is 23.2. The minimum absolute atomic E-state index is 0.0650. The average Bonchev–Trinajstić information content (AvgIpc) is 3.37. The van der Waals surface area contributed by atoms with Crippen molar-refractivity contribution < 1.29 is 23.7 Å². The molecule has 3 aromatic rings. The summed E-state index contributed by atoms with van der Waals surface area (Å²) < 4.78 is 22.3. The molecule has 1 saturated heterocycles. The highest BCUT2D eigenvalue weighted by atomic mass is 32.2. The molecule has 33 heavy (non-hydrogen) atoms. The number of carbonyl (C=O) groups excluding carboxylic acids is 1. The van der Waals surface area contributed by atoms with Crippen molar-refractivity contribution in [3.8, 4) is 23.0 Å². The Balaban J connectivity index is 1.58. The number of thioether (sulfide) groups is 1. The lowest BCUT2D eigenvalue weighted by Gasteiger charge is -2.25. The van der Waals surface area contributed by atoms with Gasteiger partial charge >= 0.3 is 0 Å². The van der Waals surface area contributed by atoms with Crippen molar-refractivity contribution in [2.24, 2.45) is 0 Å². The first-order valence-electron chi connectivity index (χ1n) is 10.6. The molecule has 0 aromatic heterocycles. The van der Waals surface area contributed by atoms with E-state index < -0.39 is 0 Å². The molecular weight excluding hydrogens is 438 g/mol. The first-order chi connectivity index (χ1) is 16.1. The van der Waals surface area contributed by atoms with Crippen molar-refractivity contribution in [2.75, 3.05) is 33.6 Å². The molecular formula is C26H27NO5S. The number of rotatable bonds is 8. The molecule has 0 radical (unpaired) electrons. The quantitative estimate of drug-likeness (QED) is 0.457. The Morgan fingerprint density at radius 3 is 2.30 bits per heavy atom. The van der Waals surface area contributed by atoms with Crippen LogP contribution in [0.5, 0.6) is 23.0 Å². The Morgan fingerprint density at radius 1 is 0.909 bits per heavy atom. The second kappa shape index (κ2) is 10.5. The van der Waals surface area contributed by atoms with Crippen LogP contribution in [0.25, 0.3) is 0 Å². The number of benzene rings is 3. The average molecular weight is 466 g/mol. The summed E-state index contributed by atoms with van der Waals surface area (Å²) in [6.07, 6.45) is 0. The zero-order valence-corrected chi connectivity index (χ0v) is 19.8.